The van der Waals surface area contributed by atoms with Crippen LogP contribution in [0.5, 0.6) is 0 Å². The van der Waals surface area contributed by atoms with Crippen molar-refractivity contribution in [3.05, 3.63) is 35.7 Å². The van der Waals surface area contributed by atoms with E-state index in [0.717, 1.165) is 12.8 Å². The molecule has 10 heteroatoms. The third-order valence-electron chi connectivity index (χ3n) is 5.05. The first-order chi connectivity index (χ1) is 14.4. The lowest BCUT2D eigenvalue weighted by atomic mass is 10.0. The maximum atomic E-state index is 14.7. The molecule has 1 atom stereocenters. The topological polar surface area (TPSA) is 85.7 Å². The zero-order valence-electron chi connectivity index (χ0n) is 16.1. The van der Waals surface area contributed by atoms with E-state index in [4.69, 9.17) is 10.00 Å². The molecule has 2 heterocycles. The summed E-state index contributed by atoms with van der Waals surface area (Å²) in [5.41, 5.74) is 1.90. The number of anilines is 2. The second-order valence-electron chi connectivity index (χ2n) is 7.01. The van der Waals surface area contributed by atoms with Crippen molar-refractivity contribution in [3.63, 3.8) is 0 Å². The number of alkyl halides is 2. The maximum Gasteiger partial charge on any atom is 0.414 e. The summed E-state index contributed by atoms with van der Waals surface area (Å²) in [6.07, 6.45) is -0.881. The minimum atomic E-state index is -3.15. The summed E-state index contributed by atoms with van der Waals surface area (Å²) >= 11 is 0. The van der Waals surface area contributed by atoms with Gasteiger partial charge in [0.05, 0.1) is 37.0 Å². The number of carbonyl (C=O) groups excluding carboxylic acids is 2. The number of nitriles is 1. The fraction of sp³-hybridized carbons (Fsp3) is 0.450. The Morgan fingerprint density at radius 2 is 2.10 bits per heavy atom. The lowest BCUT2D eigenvalue weighted by molar-refractivity contribution is -0.132. The Balaban J connectivity index is 1.61. The molecule has 0 saturated carbocycles. The van der Waals surface area contributed by atoms with Crippen molar-refractivity contribution in [2.45, 2.75) is 31.8 Å². The first-order valence-electron chi connectivity index (χ1n) is 9.52. The third-order valence-corrected chi connectivity index (χ3v) is 5.05. The largest absolute Gasteiger partial charge is 0.442 e. The molecule has 0 radical (unpaired) electrons. The number of piperidine rings is 1. The standard InChI is InChI=1S/C20H21F3N4O3/c21-16-10-14(27-12-15(30-20(27)29)11-25-19(28)18(22)23)3-4-17(16)26-8-5-13(6-9-26)2-1-7-24/h2-4,10,15,18H,1,5-6,8-9,11-12H2,(H,25,28). The number of carbonyl (C=O) groups is 2. The van der Waals surface area contributed by atoms with Crippen molar-refractivity contribution < 1.29 is 27.5 Å². The van der Waals surface area contributed by atoms with Crippen LogP contribution in [0.3, 0.4) is 0 Å². The van der Waals surface area contributed by atoms with Crippen LogP contribution < -0.4 is 15.1 Å². The Labute approximate surface area is 171 Å². The van der Waals surface area contributed by atoms with Crippen LogP contribution >= 0.6 is 0 Å². The van der Waals surface area contributed by atoms with E-state index < -0.39 is 30.3 Å². The molecular formula is C20H21F3N4O3. The van der Waals surface area contributed by atoms with Gasteiger partial charge in [-0.1, -0.05) is 11.6 Å². The van der Waals surface area contributed by atoms with E-state index in [1.54, 1.807) is 12.1 Å². The van der Waals surface area contributed by atoms with Gasteiger partial charge < -0.3 is 15.0 Å². The van der Waals surface area contributed by atoms with Crippen LogP contribution in [0.1, 0.15) is 19.3 Å². The highest BCUT2D eigenvalue weighted by Gasteiger charge is 2.33. The minimum Gasteiger partial charge on any atom is -0.442 e. The fourth-order valence-electron chi connectivity index (χ4n) is 3.48. The number of halogens is 3. The molecule has 1 N–H and O–H groups in total. The zero-order chi connectivity index (χ0) is 21.7. The summed E-state index contributed by atoms with van der Waals surface area (Å²) in [4.78, 5) is 26.1. The number of amides is 2. The average Bonchev–Trinajstić information content (AvgIpc) is 3.11. The molecule has 2 fully saturated rings. The first-order valence-corrected chi connectivity index (χ1v) is 9.52. The van der Waals surface area contributed by atoms with E-state index in [1.807, 2.05) is 16.3 Å². The number of nitrogens with one attached hydrogen (secondary N) is 1. The number of ether oxygens (including phenoxy) is 1. The molecule has 1 unspecified atom stereocenters. The Kier molecular flexibility index (Phi) is 6.82. The van der Waals surface area contributed by atoms with E-state index in [9.17, 15) is 22.8 Å². The molecule has 0 aromatic heterocycles. The molecule has 30 heavy (non-hydrogen) atoms. The van der Waals surface area contributed by atoms with Gasteiger partial charge >= 0.3 is 12.5 Å². The average molecular weight is 422 g/mol. The van der Waals surface area contributed by atoms with Crippen molar-refractivity contribution in [1.82, 2.24) is 5.32 Å². The quantitative estimate of drug-likeness (QED) is 0.713. The predicted molar refractivity (Wildman–Crippen MR) is 103 cm³/mol. The molecule has 1 aromatic rings. The highest BCUT2D eigenvalue weighted by atomic mass is 19.3. The van der Waals surface area contributed by atoms with Gasteiger partial charge in [-0.25, -0.2) is 9.18 Å². The van der Waals surface area contributed by atoms with Crippen molar-refractivity contribution in [1.29, 1.82) is 5.26 Å². The first kappa shape index (κ1) is 21.5. The lowest BCUT2D eigenvalue weighted by Crippen LogP contribution is -2.37. The van der Waals surface area contributed by atoms with E-state index >= 15 is 0 Å². The SMILES string of the molecule is N#CCC=C1CCN(c2ccc(N3CC(CNC(=O)C(F)F)OC3=O)cc2F)CC1. The lowest BCUT2D eigenvalue weighted by Gasteiger charge is -2.31. The number of allylic oxidation sites excluding steroid dienone is 1. The van der Waals surface area contributed by atoms with Crippen LogP contribution in [-0.2, 0) is 9.53 Å². The van der Waals surface area contributed by atoms with Gasteiger partial charge in [0.1, 0.15) is 11.9 Å². The molecule has 0 bridgehead atoms. The monoisotopic (exact) mass is 422 g/mol. The van der Waals surface area contributed by atoms with Gasteiger partial charge in [-0.05, 0) is 31.0 Å². The number of benzene rings is 1. The number of nitrogens with zero attached hydrogens (tertiary/aromatic N) is 3. The number of hydrogen-bond donors (Lipinski definition) is 1. The van der Waals surface area contributed by atoms with Crippen molar-refractivity contribution >= 4 is 23.4 Å². The van der Waals surface area contributed by atoms with E-state index in [0.29, 0.717) is 25.2 Å². The maximum absolute atomic E-state index is 14.7. The molecule has 7 nitrogen and oxygen atoms in total. The molecule has 2 aliphatic heterocycles. The van der Waals surface area contributed by atoms with Gasteiger partial charge in [-0.3, -0.25) is 9.69 Å². The van der Waals surface area contributed by atoms with Crippen LogP contribution in [0.4, 0.5) is 29.3 Å². The molecule has 2 aliphatic rings. The molecule has 0 aliphatic carbocycles. The summed E-state index contributed by atoms with van der Waals surface area (Å²) in [6.45, 7) is 1.02. The molecule has 2 amide bonds. The molecule has 0 spiro atoms. The highest BCUT2D eigenvalue weighted by molar-refractivity contribution is 5.90. The van der Waals surface area contributed by atoms with Gasteiger partial charge in [0.15, 0.2) is 0 Å². The van der Waals surface area contributed by atoms with Crippen LogP contribution in [0.15, 0.2) is 29.8 Å². The van der Waals surface area contributed by atoms with E-state index in [1.165, 1.54) is 16.5 Å². The Bertz CT molecular complexity index is 875. The minimum absolute atomic E-state index is 0.0118. The van der Waals surface area contributed by atoms with Crippen LogP contribution in [0, 0.1) is 17.1 Å². The second kappa shape index (κ2) is 9.52. The van der Waals surface area contributed by atoms with Gasteiger partial charge in [-0.15, -0.1) is 0 Å². The Morgan fingerprint density at radius 3 is 2.73 bits per heavy atom. The summed E-state index contributed by atoms with van der Waals surface area (Å²) in [5.74, 6) is -1.92. The van der Waals surface area contributed by atoms with Gasteiger partial charge in [0.2, 0.25) is 0 Å². The van der Waals surface area contributed by atoms with Crippen LogP contribution in [0.25, 0.3) is 0 Å². The van der Waals surface area contributed by atoms with Crippen molar-refractivity contribution in [2.24, 2.45) is 0 Å². The van der Waals surface area contributed by atoms with Crippen molar-refractivity contribution in [2.75, 3.05) is 36.0 Å². The van der Waals surface area contributed by atoms with Gasteiger partial charge in [0, 0.05) is 13.1 Å². The van der Waals surface area contributed by atoms with Gasteiger partial charge in [0.25, 0.3) is 5.91 Å². The third kappa shape index (κ3) is 5.03. The zero-order valence-corrected chi connectivity index (χ0v) is 16.1. The molecular weight excluding hydrogens is 401 g/mol. The molecule has 3 rings (SSSR count). The van der Waals surface area contributed by atoms with Crippen LogP contribution in [0.2, 0.25) is 0 Å². The molecule has 160 valence electrons. The number of hydrogen-bond acceptors (Lipinski definition) is 5. The molecule has 1 aromatic carbocycles. The summed E-state index contributed by atoms with van der Waals surface area (Å²) in [7, 11) is 0. The predicted octanol–water partition coefficient (Wildman–Crippen LogP) is 2.97. The normalized spacial score (nSPS) is 19.0. The molecule has 2 saturated heterocycles. The summed E-state index contributed by atoms with van der Waals surface area (Å²) < 4.78 is 44.3. The van der Waals surface area contributed by atoms with Crippen molar-refractivity contribution in [3.8, 4) is 6.07 Å². The Hall–Kier alpha value is -3.22. The summed E-state index contributed by atoms with van der Waals surface area (Å²) in [6, 6.07) is 6.50. The van der Waals surface area contributed by atoms with E-state index in [-0.39, 0.29) is 18.8 Å². The van der Waals surface area contributed by atoms with E-state index in [2.05, 4.69) is 6.07 Å². The van der Waals surface area contributed by atoms with Crippen LogP contribution in [-0.4, -0.2) is 50.7 Å². The summed E-state index contributed by atoms with van der Waals surface area (Å²) in [5, 5.41) is 10.7. The Morgan fingerprint density at radius 1 is 1.37 bits per heavy atom. The smallest absolute Gasteiger partial charge is 0.414 e. The number of rotatable bonds is 6. The highest BCUT2D eigenvalue weighted by Crippen LogP contribution is 2.30. The number of cyclic esters (lactones) is 1. The second-order valence-corrected chi connectivity index (χ2v) is 7.01. The van der Waals surface area contributed by atoms with Gasteiger partial charge in [-0.2, -0.15) is 14.0 Å². The fourth-order valence-corrected chi connectivity index (χ4v) is 3.48.